The summed E-state index contributed by atoms with van der Waals surface area (Å²) < 4.78 is 0. The van der Waals surface area contributed by atoms with E-state index in [0.29, 0.717) is 0 Å². The number of fused-ring (bicyclic) bond motifs is 13. The molecule has 3 nitrogen and oxygen atoms in total. The van der Waals surface area contributed by atoms with Crippen molar-refractivity contribution in [2.75, 3.05) is 9.80 Å². The fourth-order valence-corrected chi connectivity index (χ4v) is 15.2. The lowest BCUT2D eigenvalue weighted by Gasteiger charge is -2.41. The van der Waals surface area contributed by atoms with E-state index in [-0.39, 0.29) is 0 Å². The minimum Gasteiger partial charge on any atom is -0.310 e. The van der Waals surface area contributed by atoms with Crippen LogP contribution >= 0.6 is 11.8 Å². The van der Waals surface area contributed by atoms with Crippen molar-refractivity contribution in [2.45, 2.75) is 54.5 Å². The maximum absolute atomic E-state index is 5.09. The molecule has 0 N–H and O–H groups in total. The predicted molar refractivity (Wildman–Crippen MR) is 314 cm³/mol. The van der Waals surface area contributed by atoms with Gasteiger partial charge in [-0.3, -0.25) is 4.98 Å². The van der Waals surface area contributed by atoms with Gasteiger partial charge in [-0.25, -0.2) is 0 Å². The van der Waals surface area contributed by atoms with Crippen molar-refractivity contribution in [1.82, 2.24) is 4.98 Å². The zero-order chi connectivity index (χ0) is 48.9. The molecule has 2 aliphatic rings. The summed E-state index contributed by atoms with van der Waals surface area (Å²) >= 11 is 1.90. The van der Waals surface area contributed by atoms with E-state index in [2.05, 4.69) is 267 Å². The molecule has 72 heavy (non-hydrogen) atoms. The molecule has 11 aromatic rings. The summed E-state index contributed by atoms with van der Waals surface area (Å²) in [5.41, 5.74) is 14.7. The molecule has 0 saturated carbocycles. The number of hydrogen-bond donors (Lipinski definition) is 0. The van der Waals surface area contributed by atoms with Gasteiger partial charge in [0.05, 0.1) is 32.8 Å². The number of anilines is 6. The third-order valence-corrected chi connectivity index (χ3v) is 20.4. The number of hydrogen-bond acceptors (Lipinski definition) is 4. The summed E-state index contributed by atoms with van der Waals surface area (Å²) in [6, 6.07) is 82.7. The van der Waals surface area contributed by atoms with Gasteiger partial charge in [-0.05, 0) is 147 Å². The second-order valence-electron chi connectivity index (χ2n) is 21.6. The Morgan fingerprint density at radius 1 is 0.389 bits per heavy atom. The summed E-state index contributed by atoms with van der Waals surface area (Å²) in [4.78, 5) is 12.6. The Balaban J connectivity index is 1.17. The van der Waals surface area contributed by atoms with Gasteiger partial charge in [0, 0.05) is 55.2 Å². The van der Waals surface area contributed by atoms with Gasteiger partial charge in [0.1, 0.15) is 0 Å². The van der Waals surface area contributed by atoms with Gasteiger partial charge >= 0.3 is 0 Å². The Kier molecular flexibility index (Phi) is 10.4. The van der Waals surface area contributed by atoms with Crippen LogP contribution in [0.2, 0.25) is 39.3 Å². The van der Waals surface area contributed by atoms with Crippen molar-refractivity contribution in [1.29, 1.82) is 0 Å². The average Bonchev–Trinajstić information content (AvgIpc) is 3.69. The summed E-state index contributed by atoms with van der Waals surface area (Å²) in [5.74, 6) is 0. The smallest absolute Gasteiger partial charge is 0.0775 e. The van der Waals surface area contributed by atoms with Crippen LogP contribution in [0.15, 0.2) is 234 Å². The fraction of sp³-hybridized carbons (Fsp3) is 0.106. The van der Waals surface area contributed by atoms with Crippen LogP contribution in [-0.4, -0.2) is 21.1 Å². The van der Waals surface area contributed by atoms with E-state index in [1.807, 2.05) is 18.0 Å². The highest BCUT2D eigenvalue weighted by Crippen LogP contribution is 2.65. The van der Waals surface area contributed by atoms with Crippen LogP contribution in [0, 0.1) is 0 Å². The number of aromatic nitrogens is 1. The molecule has 0 saturated heterocycles. The molecule has 1 unspecified atom stereocenters. The molecule has 6 heteroatoms. The molecule has 0 radical (unpaired) electrons. The Morgan fingerprint density at radius 3 is 1.53 bits per heavy atom. The number of pyridine rings is 1. The van der Waals surface area contributed by atoms with Crippen molar-refractivity contribution in [3.8, 4) is 11.1 Å². The number of rotatable bonds is 8. The monoisotopic (exact) mass is 977 g/mol. The Bertz CT molecular complexity index is 3830. The van der Waals surface area contributed by atoms with Crippen molar-refractivity contribution in [2.24, 2.45) is 0 Å². The van der Waals surface area contributed by atoms with E-state index < -0.39 is 21.6 Å². The van der Waals surface area contributed by atoms with E-state index in [0.717, 1.165) is 45.0 Å². The SMILES string of the molecule is C[Si](C)(C)c1ccc(N(c2ccccc2)c2ccc3c(c2)C2(c4cc5ccccc5cc4Sc4cc5cccnc5cc42)c2cc(N(c4ccccc4)c4ccc([Si](C)(C)C)cc4)c4ccccc4c2-3)cc1. The van der Waals surface area contributed by atoms with Gasteiger partial charge < -0.3 is 9.80 Å². The van der Waals surface area contributed by atoms with E-state index in [9.17, 15) is 0 Å². The van der Waals surface area contributed by atoms with Gasteiger partial charge in [-0.15, -0.1) is 0 Å². The van der Waals surface area contributed by atoms with Crippen LogP contribution in [-0.2, 0) is 5.41 Å². The Labute approximate surface area is 429 Å². The second kappa shape index (κ2) is 16.8. The predicted octanol–water partition coefficient (Wildman–Crippen LogP) is 17.4. The van der Waals surface area contributed by atoms with E-state index >= 15 is 0 Å². The summed E-state index contributed by atoms with van der Waals surface area (Å²) in [6.07, 6.45) is 1.94. The fourth-order valence-electron chi connectivity index (χ4n) is 11.6. The van der Waals surface area contributed by atoms with Crippen molar-refractivity contribution >= 4 is 105 Å². The van der Waals surface area contributed by atoms with Crippen molar-refractivity contribution in [3.63, 3.8) is 0 Å². The van der Waals surface area contributed by atoms with Gasteiger partial charge in [-0.2, -0.15) is 0 Å². The van der Waals surface area contributed by atoms with Gasteiger partial charge in [0.15, 0.2) is 0 Å². The van der Waals surface area contributed by atoms with Crippen molar-refractivity contribution < 1.29 is 0 Å². The number of benzene rings is 10. The van der Waals surface area contributed by atoms with Crippen molar-refractivity contribution in [3.05, 3.63) is 247 Å². The Hall–Kier alpha value is -7.49. The van der Waals surface area contributed by atoms with Crippen LogP contribution in [0.4, 0.5) is 34.1 Å². The number of nitrogens with zero attached hydrogens (tertiary/aromatic N) is 3. The first-order valence-corrected chi connectivity index (χ1v) is 33.0. The lowest BCUT2D eigenvalue weighted by Crippen LogP contribution is -2.37. The zero-order valence-electron chi connectivity index (χ0n) is 41.6. The van der Waals surface area contributed by atoms with E-state index in [1.54, 1.807) is 0 Å². The summed E-state index contributed by atoms with van der Waals surface area (Å²) in [5, 5.41) is 8.95. The zero-order valence-corrected chi connectivity index (χ0v) is 44.4. The minimum absolute atomic E-state index is 0.751. The first-order valence-electron chi connectivity index (χ1n) is 25.2. The van der Waals surface area contributed by atoms with E-state index in [1.165, 1.54) is 75.1 Å². The molecule has 0 amide bonds. The molecule has 13 rings (SSSR count). The lowest BCUT2D eigenvalue weighted by atomic mass is 9.66. The molecular formula is C66H55N3SSi2. The molecule has 1 aliphatic heterocycles. The summed E-state index contributed by atoms with van der Waals surface area (Å²) in [7, 11) is -3.12. The molecule has 1 spiro atoms. The molecule has 348 valence electrons. The molecule has 1 aromatic heterocycles. The molecule has 0 bridgehead atoms. The molecule has 0 fully saturated rings. The standard InChI is InChI=1S/C66H55N3SSi2/c1-71(2,3)52-32-27-49(28-33-52)68(47-21-9-7-10-22-47)51-31-36-56-57(41-51)66(58-38-44-18-13-14-19-45(44)39-63(58)70-64-40-46-20-17-37-67-61(46)42-59(64)66)60-43-62(54-25-15-16-26-55(54)65(56)60)69(48-23-11-8-12-24-48)50-29-34-53(35-30-50)72(4,5)6/h7-43H,1-6H3. The Morgan fingerprint density at radius 2 is 0.889 bits per heavy atom. The summed E-state index contributed by atoms with van der Waals surface area (Å²) in [6.45, 7) is 14.6. The number of para-hydroxylation sites is 2. The molecule has 1 atom stereocenters. The largest absolute Gasteiger partial charge is 0.310 e. The lowest BCUT2D eigenvalue weighted by molar-refractivity contribution is 0.726. The highest BCUT2D eigenvalue weighted by atomic mass is 32.2. The van der Waals surface area contributed by atoms with Gasteiger partial charge in [0.2, 0.25) is 0 Å². The maximum atomic E-state index is 5.09. The van der Waals surface area contributed by atoms with Crippen LogP contribution in [0.25, 0.3) is 43.6 Å². The third-order valence-electron chi connectivity index (χ3n) is 15.2. The average molecular weight is 978 g/mol. The minimum atomic E-state index is -1.57. The molecule has 2 heterocycles. The van der Waals surface area contributed by atoms with Gasteiger partial charge in [0.25, 0.3) is 0 Å². The highest BCUT2D eigenvalue weighted by molar-refractivity contribution is 7.99. The third kappa shape index (κ3) is 7.10. The highest BCUT2D eigenvalue weighted by Gasteiger charge is 2.52. The normalized spacial score (nSPS) is 14.8. The first kappa shape index (κ1) is 44.5. The van der Waals surface area contributed by atoms with Gasteiger partial charge in [-0.1, -0.05) is 183 Å². The van der Waals surface area contributed by atoms with E-state index in [4.69, 9.17) is 4.98 Å². The van der Waals surface area contributed by atoms with Crippen LogP contribution < -0.4 is 20.2 Å². The van der Waals surface area contributed by atoms with Crippen LogP contribution in [0.1, 0.15) is 22.3 Å². The quantitative estimate of drug-likeness (QED) is 0.141. The second-order valence-corrected chi connectivity index (χ2v) is 32.9. The van der Waals surface area contributed by atoms with Crippen LogP contribution in [0.5, 0.6) is 0 Å². The topological polar surface area (TPSA) is 19.4 Å². The maximum Gasteiger partial charge on any atom is 0.0775 e. The first-order chi connectivity index (χ1) is 34.9. The molecular weight excluding hydrogens is 923 g/mol. The molecule has 10 aromatic carbocycles. The molecule has 1 aliphatic carbocycles. The van der Waals surface area contributed by atoms with Crippen LogP contribution in [0.3, 0.4) is 0 Å².